The molecule has 2 heterocycles. The van der Waals surface area contributed by atoms with E-state index in [1.165, 1.54) is 18.7 Å². The van der Waals surface area contributed by atoms with Crippen molar-refractivity contribution in [3.05, 3.63) is 11.3 Å². The summed E-state index contributed by atoms with van der Waals surface area (Å²) in [6.07, 6.45) is 2.48. The Bertz CT molecular complexity index is 475. The molecule has 0 saturated carbocycles. The first-order chi connectivity index (χ1) is 9.33. The summed E-state index contributed by atoms with van der Waals surface area (Å²) in [5.74, 6) is 1.29. The molecule has 1 unspecified atom stereocenters. The van der Waals surface area contributed by atoms with Crippen LogP contribution < -0.4 is 0 Å². The van der Waals surface area contributed by atoms with Crippen molar-refractivity contribution >= 4 is 5.84 Å². The van der Waals surface area contributed by atoms with Gasteiger partial charge in [-0.05, 0) is 29.2 Å². The summed E-state index contributed by atoms with van der Waals surface area (Å²) in [5.41, 5.74) is 3.61. The quantitative estimate of drug-likeness (QED) is 0.594. The summed E-state index contributed by atoms with van der Waals surface area (Å²) in [5, 5.41) is 0. The van der Waals surface area contributed by atoms with Crippen molar-refractivity contribution in [1.29, 1.82) is 0 Å². The molecule has 2 aliphatic rings. The van der Waals surface area contributed by atoms with Crippen LogP contribution in [0.25, 0.3) is 0 Å². The molecule has 2 heteroatoms. The first-order valence-corrected chi connectivity index (χ1v) is 8.43. The van der Waals surface area contributed by atoms with Gasteiger partial charge in [-0.2, -0.15) is 0 Å². The Hall–Kier alpha value is -0.790. The lowest BCUT2D eigenvalue weighted by Gasteiger charge is -2.45. The van der Waals surface area contributed by atoms with E-state index in [2.05, 4.69) is 67.2 Å². The average molecular weight is 290 g/mol. The van der Waals surface area contributed by atoms with Crippen LogP contribution >= 0.6 is 0 Å². The maximum atomic E-state index is 5.30. The normalized spacial score (nSPS) is 24.3. The minimum atomic E-state index is 0.114. The third-order valence-corrected chi connectivity index (χ3v) is 4.51. The van der Waals surface area contributed by atoms with Crippen LogP contribution in [0.15, 0.2) is 16.3 Å². The smallest absolute Gasteiger partial charge is 0.109 e. The van der Waals surface area contributed by atoms with Gasteiger partial charge in [0.25, 0.3) is 0 Å². The molecule has 21 heavy (non-hydrogen) atoms. The van der Waals surface area contributed by atoms with E-state index in [0.29, 0.717) is 6.04 Å². The zero-order valence-electron chi connectivity index (χ0n) is 15.6. The Morgan fingerprint density at radius 1 is 0.905 bits per heavy atom. The molecule has 2 aliphatic heterocycles. The van der Waals surface area contributed by atoms with Gasteiger partial charge in [0.05, 0.1) is 6.04 Å². The maximum absolute atomic E-state index is 5.30. The molecule has 120 valence electrons. The van der Waals surface area contributed by atoms with Gasteiger partial charge in [-0.15, -0.1) is 0 Å². The summed E-state index contributed by atoms with van der Waals surface area (Å²) < 4.78 is 0. The van der Waals surface area contributed by atoms with Crippen molar-refractivity contribution in [2.75, 3.05) is 6.54 Å². The number of hydrogen-bond donors (Lipinski definition) is 0. The molecule has 0 aromatic carbocycles. The Labute approximate surface area is 131 Å². The highest BCUT2D eigenvalue weighted by atomic mass is 15.2. The van der Waals surface area contributed by atoms with Crippen LogP contribution in [-0.4, -0.2) is 23.3 Å². The molecule has 0 bridgehead atoms. The van der Waals surface area contributed by atoms with Gasteiger partial charge >= 0.3 is 0 Å². The Kier molecular flexibility index (Phi) is 3.84. The van der Waals surface area contributed by atoms with Crippen LogP contribution in [0.1, 0.15) is 75.2 Å². The molecule has 0 radical (unpaired) electrons. The third kappa shape index (κ3) is 3.05. The summed E-state index contributed by atoms with van der Waals surface area (Å²) in [6.45, 7) is 22.1. The molecule has 1 atom stereocenters. The lowest BCUT2D eigenvalue weighted by molar-refractivity contribution is 0.285. The second-order valence-electron chi connectivity index (χ2n) is 9.84. The number of fused-ring (bicyclic) bond motifs is 1. The van der Waals surface area contributed by atoms with Gasteiger partial charge in [-0.3, -0.25) is 4.99 Å². The van der Waals surface area contributed by atoms with Crippen LogP contribution in [0.2, 0.25) is 0 Å². The average Bonchev–Trinajstić information content (AvgIpc) is 2.70. The molecule has 0 aromatic heterocycles. The SMILES string of the molecule is CC(C)(C)C1=NC(C(C)(C)C)C(C(C)(C)C)=C2CCCN12. The molecule has 2 nitrogen and oxygen atoms in total. The van der Waals surface area contributed by atoms with Crippen LogP contribution in [-0.2, 0) is 0 Å². The minimum absolute atomic E-state index is 0.114. The summed E-state index contributed by atoms with van der Waals surface area (Å²) in [7, 11) is 0. The standard InChI is InChI=1S/C19H34N2/c1-17(2,3)14-13-11-10-12-21(13)16(19(7,8)9)20-15(14)18(4,5)6/h15H,10-12H2,1-9H3. The monoisotopic (exact) mass is 290 g/mol. The largest absolute Gasteiger partial charge is 0.333 e. The topological polar surface area (TPSA) is 15.6 Å². The van der Waals surface area contributed by atoms with Gasteiger partial charge in [0, 0.05) is 17.7 Å². The van der Waals surface area contributed by atoms with E-state index < -0.39 is 0 Å². The van der Waals surface area contributed by atoms with Crippen LogP contribution in [0, 0.1) is 16.2 Å². The fourth-order valence-corrected chi connectivity index (χ4v) is 3.67. The van der Waals surface area contributed by atoms with E-state index >= 15 is 0 Å². The summed E-state index contributed by atoms with van der Waals surface area (Å²) in [6, 6.07) is 0.302. The van der Waals surface area contributed by atoms with Crippen LogP contribution in [0.5, 0.6) is 0 Å². The molecule has 0 aliphatic carbocycles. The fourth-order valence-electron chi connectivity index (χ4n) is 3.67. The predicted octanol–water partition coefficient (Wildman–Crippen LogP) is 5.26. The fraction of sp³-hybridized carbons (Fsp3) is 0.842. The van der Waals surface area contributed by atoms with Crippen molar-refractivity contribution in [1.82, 2.24) is 4.90 Å². The van der Waals surface area contributed by atoms with E-state index in [0.717, 1.165) is 6.54 Å². The molecule has 2 rings (SSSR count). The maximum Gasteiger partial charge on any atom is 0.109 e. The zero-order valence-corrected chi connectivity index (χ0v) is 15.6. The van der Waals surface area contributed by atoms with Crippen LogP contribution in [0.4, 0.5) is 0 Å². The van der Waals surface area contributed by atoms with Crippen molar-refractivity contribution < 1.29 is 0 Å². The van der Waals surface area contributed by atoms with Gasteiger partial charge in [-0.1, -0.05) is 62.3 Å². The molecule has 1 saturated heterocycles. The van der Waals surface area contributed by atoms with E-state index in [9.17, 15) is 0 Å². The van der Waals surface area contributed by atoms with Crippen molar-refractivity contribution in [2.24, 2.45) is 21.2 Å². The predicted molar refractivity (Wildman–Crippen MR) is 92.6 cm³/mol. The van der Waals surface area contributed by atoms with Gasteiger partial charge in [-0.25, -0.2) is 0 Å². The minimum Gasteiger partial charge on any atom is -0.333 e. The lowest BCUT2D eigenvalue weighted by atomic mass is 9.70. The Balaban J connectivity index is 2.64. The van der Waals surface area contributed by atoms with Crippen molar-refractivity contribution in [3.63, 3.8) is 0 Å². The Morgan fingerprint density at radius 3 is 1.90 bits per heavy atom. The molecule has 1 fully saturated rings. The van der Waals surface area contributed by atoms with Crippen molar-refractivity contribution in [3.8, 4) is 0 Å². The van der Waals surface area contributed by atoms with E-state index in [1.54, 1.807) is 11.3 Å². The molecule has 0 aromatic rings. The third-order valence-electron chi connectivity index (χ3n) is 4.51. The number of amidine groups is 1. The Morgan fingerprint density at radius 2 is 1.48 bits per heavy atom. The van der Waals surface area contributed by atoms with Gasteiger partial charge in [0.1, 0.15) is 5.84 Å². The summed E-state index contributed by atoms with van der Waals surface area (Å²) in [4.78, 5) is 7.83. The number of rotatable bonds is 0. The highest BCUT2D eigenvalue weighted by Crippen LogP contribution is 2.47. The second kappa shape index (κ2) is 4.86. The zero-order chi connectivity index (χ0) is 16.2. The highest BCUT2D eigenvalue weighted by molar-refractivity contribution is 5.90. The van der Waals surface area contributed by atoms with Crippen LogP contribution in [0.3, 0.4) is 0 Å². The molecule has 0 amide bonds. The number of aliphatic imine (C=N–C) groups is 1. The first kappa shape index (κ1) is 16.6. The number of nitrogens with zero attached hydrogens (tertiary/aromatic N) is 2. The molecular weight excluding hydrogens is 256 g/mol. The van der Waals surface area contributed by atoms with Gasteiger partial charge in [0.15, 0.2) is 0 Å². The molecule has 0 N–H and O–H groups in total. The molecule has 0 spiro atoms. The highest BCUT2D eigenvalue weighted by Gasteiger charge is 2.44. The number of allylic oxidation sites excluding steroid dienone is 1. The van der Waals surface area contributed by atoms with Gasteiger partial charge in [0.2, 0.25) is 0 Å². The van der Waals surface area contributed by atoms with E-state index in [4.69, 9.17) is 4.99 Å². The first-order valence-electron chi connectivity index (χ1n) is 8.43. The van der Waals surface area contributed by atoms with E-state index in [-0.39, 0.29) is 16.2 Å². The number of hydrogen-bond acceptors (Lipinski definition) is 2. The second-order valence-corrected chi connectivity index (χ2v) is 9.84. The lowest BCUT2D eigenvalue weighted by Crippen LogP contribution is -2.46. The summed E-state index contributed by atoms with van der Waals surface area (Å²) >= 11 is 0. The molecular formula is C19H34N2. The van der Waals surface area contributed by atoms with E-state index in [1.807, 2.05) is 0 Å². The van der Waals surface area contributed by atoms with Gasteiger partial charge < -0.3 is 4.90 Å². The van der Waals surface area contributed by atoms with Crippen molar-refractivity contribution in [2.45, 2.75) is 81.2 Å².